The minimum Gasteiger partial charge on any atom is -0.508 e. The van der Waals surface area contributed by atoms with Crippen LogP contribution in [0.3, 0.4) is 0 Å². The number of phenolic OH excluding ortho intramolecular Hbond substituents is 1. The molecule has 0 bridgehead atoms. The van der Waals surface area contributed by atoms with Crippen molar-refractivity contribution in [3.8, 4) is 11.5 Å². The Hall–Kier alpha value is -1.07. The van der Waals surface area contributed by atoms with Crippen molar-refractivity contribution in [2.75, 3.05) is 25.2 Å². The summed E-state index contributed by atoms with van der Waals surface area (Å²) in [6.45, 7) is 1.42. The lowest BCUT2D eigenvalue weighted by atomic mass is 10.1. The van der Waals surface area contributed by atoms with E-state index in [1.165, 1.54) is 0 Å². The van der Waals surface area contributed by atoms with Gasteiger partial charge in [-0.15, -0.1) is 0 Å². The standard InChI is InChI=1S/C12H17NO3S/c1-17(15)6-2-5-13-11-8-16-12-7-9(14)3-4-10(11)12/h3-4,7,11,13-14H,2,5-6,8H2,1H3. The Morgan fingerprint density at radius 2 is 2.41 bits per heavy atom. The van der Waals surface area contributed by atoms with Gasteiger partial charge in [0.05, 0.1) is 6.04 Å². The van der Waals surface area contributed by atoms with Crippen molar-refractivity contribution < 1.29 is 14.1 Å². The van der Waals surface area contributed by atoms with Gasteiger partial charge in [0.1, 0.15) is 18.1 Å². The quantitative estimate of drug-likeness (QED) is 0.776. The molecule has 0 radical (unpaired) electrons. The molecule has 0 fully saturated rings. The van der Waals surface area contributed by atoms with Crippen LogP contribution in [-0.4, -0.2) is 34.5 Å². The number of rotatable bonds is 5. The maximum absolute atomic E-state index is 10.9. The Morgan fingerprint density at radius 3 is 3.18 bits per heavy atom. The van der Waals surface area contributed by atoms with E-state index in [4.69, 9.17) is 4.74 Å². The Bertz CT molecular complexity index is 422. The predicted molar refractivity (Wildman–Crippen MR) is 67.9 cm³/mol. The summed E-state index contributed by atoms with van der Waals surface area (Å²) in [6, 6.07) is 5.37. The minimum atomic E-state index is -0.721. The third-order valence-electron chi connectivity index (χ3n) is 2.78. The molecule has 0 spiro atoms. The van der Waals surface area contributed by atoms with E-state index in [9.17, 15) is 9.32 Å². The van der Waals surface area contributed by atoms with Crippen LogP contribution >= 0.6 is 0 Å². The normalized spacial score (nSPS) is 19.7. The Morgan fingerprint density at radius 1 is 1.59 bits per heavy atom. The van der Waals surface area contributed by atoms with Crippen molar-refractivity contribution in [2.45, 2.75) is 12.5 Å². The van der Waals surface area contributed by atoms with E-state index in [-0.39, 0.29) is 11.8 Å². The van der Waals surface area contributed by atoms with E-state index in [1.54, 1.807) is 18.4 Å². The molecule has 2 atom stereocenters. The van der Waals surface area contributed by atoms with Crippen LogP contribution in [0.5, 0.6) is 11.5 Å². The van der Waals surface area contributed by atoms with Gasteiger partial charge in [0, 0.05) is 34.4 Å². The molecular weight excluding hydrogens is 238 g/mol. The number of hydrogen-bond acceptors (Lipinski definition) is 4. The molecule has 5 heteroatoms. The fourth-order valence-electron chi connectivity index (χ4n) is 1.92. The number of benzene rings is 1. The summed E-state index contributed by atoms with van der Waals surface area (Å²) in [4.78, 5) is 0. The number of aromatic hydroxyl groups is 1. The van der Waals surface area contributed by atoms with Crippen molar-refractivity contribution in [3.05, 3.63) is 23.8 Å². The maximum atomic E-state index is 10.9. The van der Waals surface area contributed by atoms with Crippen LogP contribution in [0.4, 0.5) is 0 Å². The molecule has 1 aliphatic heterocycles. The largest absolute Gasteiger partial charge is 0.508 e. The first kappa shape index (κ1) is 12.4. The van der Waals surface area contributed by atoms with Gasteiger partial charge in [-0.1, -0.05) is 0 Å². The van der Waals surface area contributed by atoms with Gasteiger partial charge in [-0.2, -0.15) is 0 Å². The van der Waals surface area contributed by atoms with Crippen LogP contribution in [0.2, 0.25) is 0 Å². The number of phenols is 1. The van der Waals surface area contributed by atoms with Crippen molar-refractivity contribution in [3.63, 3.8) is 0 Å². The summed E-state index contributed by atoms with van der Waals surface area (Å²) < 4.78 is 16.4. The average molecular weight is 255 g/mol. The Labute approximate surface area is 103 Å². The topological polar surface area (TPSA) is 58.6 Å². The first-order valence-corrected chi connectivity index (χ1v) is 7.38. The summed E-state index contributed by atoms with van der Waals surface area (Å²) in [6.07, 6.45) is 2.61. The smallest absolute Gasteiger partial charge is 0.127 e. The van der Waals surface area contributed by atoms with E-state index in [2.05, 4.69) is 5.32 Å². The summed E-state index contributed by atoms with van der Waals surface area (Å²) in [5.74, 6) is 1.70. The summed E-state index contributed by atoms with van der Waals surface area (Å²) >= 11 is 0. The summed E-state index contributed by atoms with van der Waals surface area (Å²) in [5.41, 5.74) is 1.08. The molecule has 0 aliphatic carbocycles. The molecule has 0 aromatic heterocycles. The van der Waals surface area contributed by atoms with Crippen LogP contribution in [-0.2, 0) is 10.8 Å². The molecule has 0 saturated heterocycles. The van der Waals surface area contributed by atoms with Gasteiger partial charge in [0.2, 0.25) is 0 Å². The molecule has 1 heterocycles. The lowest BCUT2D eigenvalue weighted by Crippen LogP contribution is -2.24. The zero-order chi connectivity index (χ0) is 12.3. The average Bonchev–Trinajstić information content (AvgIpc) is 2.66. The van der Waals surface area contributed by atoms with Gasteiger partial charge in [-0.25, -0.2) is 0 Å². The fraction of sp³-hybridized carbons (Fsp3) is 0.500. The van der Waals surface area contributed by atoms with Gasteiger partial charge in [0.25, 0.3) is 0 Å². The van der Waals surface area contributed by atoms with E-state index < -0.39 is 10.8 Å². The zero-order valence-electron chi connectivity index (χ0n) is 9.81. The Kier molecular flexibility index (Phi) is 4.02. The monoisotopic (exact) mass is 255 g/mol. The SMILES string of the molecule is CS(=O)CCCNC1COc2cc(O)ccc21. The van der Waals surface area contributed by atoms with Crippen molar-refractivity contribution >= 4 is 10.8 Å². The molecule has 4 nitrogen and oxygen atoms in total. The summed E-state index contributed by atoms with van der Waals surface area (Å²) in [7, 11) is -0.721. The molecule has 2 rings (SSSR count). The van der Waals surface area contributed by atoms with Gasteiger partial charge in [-0.3, -0.25) is 4.21 Å². The molecule has 94 valence electrons. The zero-order valence-corrected chi connectivity index (χ0v) is 10.6. The summed E-state index contributed by atoms with van der Waals surface area (Å²) in [5, 5.41) is 12.7. The first-order valence-electron chi connectivity index (χ1n) is 5.66. The Balaban J connectivity index is 1.87. The van der Waals surface area contributed by atoms with Gasteiger partial charge in [0.15, 0.2) is 0 Å². The molecule has 1 aromatic carbocycles. The number of ether oxygens (including phenoxy) is 1. The van der Waals surface area contributed by atoms with Crippen LogP contribution in [0.1, 0.15) is 18.0 Å². The second-order valence-electron chi connectivity index (χ2n) is 4.17. The molecule has 2 unspecified atom stereocenters. The van der Waals surface area contributed by atoms with Crippen molar-refractivity contribution in [1.29, 1.82) is 0 Å². The van der Waals surface area contributed by atoms with Gasteiger partial charge >= 0.3 is 0 Å². The highest BCUT2D eigenvalue weighted by molar-refractivity contribution is 7.84. The fourth-order valence-corrected chi connectivity index (χ4v) is 2.47. The molecule has 1 aromatic rings. The number of nitrogens with one attached hydrogen (secondary N) is 1. The van der Waals surface area contributed by atoms with E-state index in [1.807, 2.05) is 6.07 Å². The van der Waals surface area contributed by atoms with Crippen LogP contribution in [0, 0.1) is 0 Å². The van der Waals surface area contributed by atoms with Crippen LogP contribution in [0.25, 0.3) is 0 Å². The van der Waals surface area contributed by atoms with Gasteiger partial charge < -0.3 is 15.2 Å². The third kappa shape index (κ3) is 3.20. The lowest BCUT2D eigenvalue weighted by Gasteiger charge is -2.10. The second kappa shape index (κ2) is 5.51. The third-order valence-corrected chi connectivity index (χ3v) is 3.64. The number of hydrogen-bond donors (Lipinski definition) is 2. The van der Waals surface area contributed by atoms with Crippen molar-refractivity contribution in [1.82, 2.24) is 5.32 Å². The molecular formula is C12H17NO3S. The van der Waals surface area contributed by atoms with E-state index in [0.29, 0.717) is 6.61 Å². The maximum Gasteiger partial charge on any atom is 0.127 e. The van der Waals surface area contributed by atoms with Crippen LogP contribution in [0.15, 0.2) is 18.2 Å². The molecule has 2 N–H and O–H groups in total. The van der Waals surface area contributed by atoms with E-state index in [0.717, 1.165) is 30.0 Å². The predicted octanol–water partition coefficient (Wildman–Crippen LogP) is 1.18. The van der Waals surface area contributed by atoms with E-state index >= 15 is 0 Å². The lowest BCUT2D eigenvalue weighted by molar-refractivity contribution is 0.311. The van der Waals surface area contributed by atoms with Crippen molar-refractivity contribution in [2.24, 2.45) is 0 Å². The second-order valence-corrected chi connectivity index (χ2v) is 5.73. The number of fused-ring (bicyclic) bond motifs is 1. The molecule has 0 amide bonds. The highest BCUT2D eigenvalue weighted by Crippen LogP contribution is 2.34. The van der Waals surface area contributed by atoms with Crippen LogP contribution < -0.4 is 10.1 Å². The minimum absolute atomic E-state index is 0.177. The first-order chi connectivity index (χ1) is 8.16. The van der Waals surface area contributed by atoms with Gasteiger partial charge in [-0.05, 0) is 25.1 Å². The molecule has 17 heavy (non-hydrogen) atoms. The highest BCUT2D eigenvalue weighted by atomic mass is 32.2. The highest BCUT2D eigenvalue weighted by Gasteiger charge is 2.23. The molecule has 0 saturated carbocycles. The molecule has 1 aliphatic rings.